The van der Waals surface area contributed by atoms with Crippen LogP contribution in [0.2, 0.25) is 0 Å². The second kappa shape index (κ2) is 6.70. The molecule has 0 radical (unpaired) electrons. The van der Waals surface area contributed by atoms with E-state index in [4.69, 9.17) is 4.74 Å². The minimum absolute atomic E-state index is 0.0381. The average Bonchev–Trinajstić information content (AvgIpc) is 2.58. The number of hydrogen-bond donors (Lipinski definition) is 2. The fourth-order valence-electron chi connectivity index (χ4n) is 2.83. The minimum atomic E-state index is -0.635. The highest BCUT2D eigenvalue weighted by molar-refractivity contribution is 6.01. The third-order valence-electron chi connectivity index (χ3n) is 4.02. The minimum Gasteiger partial charge on any atom is -0.496 e. The molecule has 1 aliphatic heterocycles. The number of ether oxygens (including phenoxy) is 1. The lowest BCUT2D eigenvalue weighted by molar-refractivity contribution is -0.126. The van der Waals surface area contributed by atoms with E-state index in [1.54, 1.807) is 7.11 Å². The monoisotopic (exact) mass is 328 g/mol. The number of anilines is 1. The molecule has 1 heterocycles. The van der Waals surface area contributed by atoms with E-state index in [0.717, 1.165) is 5.56 Å². The summed E-state index contributed by atoms with van der Waals surface area (Å²) in [5.74, 6) is -0.982. The molecule has 2 aromatic carbocycles. The van der Waals surface area contributed by atoms with Gasteiger partial charge in [-0.15, -0.1) is 0 Å². The largest absolute Gasteiger partial charge is 0.496 e. The van der Waals surface area contributed by atoms with Gasteiger partial charge in [-0.3, -0.25) is 9.59 Å². The number of nitrogens with one attached hydrogen (secondary N) is 2. The van der Waals surface area contributed by atoms with Gasteiger partial charge in [0, 0.05) is 24.2 Å². The summed E-state index contributed by atoms with van der Waals surface area (Å²) in [6.45, 7) is 0.289. The molecule has 0 aliphatic carbocycles. The number of methoxy groups -OCH3 is 1. The molecule has 0 unspecified atom stereocenters. The Hall–Kier alpha value is -2.89. The lowest BCUT2D eigenvalue weighted by Gasteiger charge is -2.25. The van der Waals surface area contributed by atoms with Gasteiger partial charge in [-0.2, -0.15) is 0 Å². The van der Waals surface area contributed by atoms with Crippen molar-refractivity contribution in [2.75, 3.05) is 12.4 Å². The highest BCUT2D eigenvalue weighted by Gasteiger charge is 2.30. The van der Waals surface area contributed by atoms with Crippen LogP contribution in [-0.2, 0) is 16.1 Å². The van der Waals surface area contributed by atoms with Crippen molar-refractivity contribution in [3.8, 4) is 5.75 Å². The lowest BCUT2D eigenvalue weighted by Crippen LogP contribution is -2.34. The van der Waals surface area contributed by atoms with Crippen LogP contribution in [0.4, 0.5) is 10.1 Å². The van der Waals surface area contributed by atoms with Crippen molar-refractivity contribution in [1.29, 1.82) is 0 Å². The van der Waals surface area contributed by atoms with Crippen LogP contribution in [0, 0.1) is 5.82 Å². The maximum atomic E-state index is 13.3. The molecule has 24 heavy (non-hydrogen) atoms. The molecule has 0 fully saturated rings. The fourth-order valence-corrected chi connectivity index (χ4v) is 2.83. The van der Waals surface area contributed by atoms with E-state index in [0.29, 0.717) is 17.0 Å². The van der Waals surface area contributed by atoms with Gasteiger partial charge in [0.15, 0.2) is 0 Å². The van der Waals surface area contributed by atoms with Crippen molar-refractivity contribution in [3.63, 3.8) is 0 Å². The van der Waals surface area contributed by atoms with Crippen molar-refractivity contribution < 1.29 is 18.7 Å². The SMILES string of the molecule is COc1ccccc1CNC(=O)[C@@H]1CC(=O)Nc2cc(F)ccc21. The van der Waals surface area contributed by atoms with Crippen molar-refractivity contribution in [2.24, 2.45) is 0 Å². The van der Waals surface area contributed by atoms with Crippen molar-refractivity contribution in [3.05, 3.63) is 59.4 Å². The average molecular weight is 328 g/mol. The number of para-hydroxylation sites is 1. The molecule has 2 amide bonds. The molecule has 5 nitrogen and oxygen atoms in total. The summed E-state index contributed by atoms with van der Waals surface area (Å²) in [5, 5.41) is 5.43. The molecule has 124 valence electrons. The predicted molar refractivity (Wildman–Crippen MR) is 87.2 cm³/mol. The highest BCUT2D eigenvalue weighted by Crippen LogP contribution is 2.33. The molecule has 0 saturated heterocycles. The number of carbonyl (C=O) groups is 2. The van der Waals surface area contributed by atoms with Crippen LogP contribution in [0.25, 0.3) is 0 Å². The van der Waals surface area contributed by atoms with Crippen LogP contribution >= 0.6 is 0 Å². The Kier molecular flexibility index (Phi) is 4.46. The summed E-state index contributed by atoms with van der Waals surface area (Å²) < 4.78 is 18.6. The molecule has 6 heteroatoms. The normalized spacial score (nSPS) is 16.1. The molecule has 3 rings (SSSR count). The van der Waals surface area contributed by atoms with Gasteiger partial charge in [0.25, 0.3) is 0 Å². The van der Waals surface area contributed by atoms with Crippen LogP contribution in [0.1, 0.15) is 23.5 Å². The third kappa shape index (κ3) is 3.22. The Morgan fingerprint density at radius 1 is 1.33 bits per heavy atom. The molecule has 1 aliphatic rings. The summed E-state index contributed by atoms with van der Waals surface area (Å²) in [4.78, 5) is 24.3. The molecule has 0 spiro atoms. The second-order valence-electron chi connectivity index (χ2n) is 5.57. The number of benzene rings is 2. The zero-order valence-corrected chi connectivity index (χ0v) is 13.1. The van der Waals surface area contributed by atoms with E-state index < -0.39 is 11.7 Å². The van der Waals surface area contributed by atoms with Gasteiger partial charge >= 0.3 is 0 Å². The first-order valence-corrected chi connectivity index (χ1v) is 7.57. The van der Waals surface area contributed by atoms with Crippen molar-refractivity contribution in [2.45, 2.75) is 18.9 Å². The van der Waals surface area contributed by atoms with E-state index in [1.807, 2.05) is 24.3 Å². The van der Waals surface area contributed by atoms with E-state index in [2.05, 4.69) is 10.6 Å². The van der Waals surface area contributed by atoms with Gasteiger partial charge in [-0.1, -0.05) is 24.3 Å². The number of carbonyl (C=O) groups excluding carboxylic acids is 2. The topological polar surface area (TPSA) is 67.4 Å². The number of hydrogen-bond acceptors (Lipinski definition) is 3. The van der Waals surface area contributed by atoms with Gasteiger partial charge in [0.1, 0.15) is 11.6 Å². The Bertz CT molecular complexity index is 792. The highest BCUT2D eigenvalue weighted by atomic mass is 19.1. The molecule has 0 bridgehead atoms. The first kappa shape index (κ1) is 16.0. The number of rotatable bonds is 4. The quantitative estimate of drug-likeness (QED) is 0.906. The summed E-state index contributed by atoms with van der Waals surface area (Å²) in [7, 11) is 1.57. The standard InChI is InChI=1S/C18H17FN2O3/c1-24-16-5-3-2-4-11(16)10-20-18(23)14-9-17(22)21-15-8-12(19)6-7-13(14)15/h2-8,14H,9-10H2,1H3,(H,20,23)(H,21,22)/t14-/m1/s1. The Morgan fingerprint density at radius 2 is 2.12 bits per heavy atom. The first-order chi connectivity index (χ1) is 11.6. The van der Waals surface area contributed by atoms with E-state index in [9.17, 15) is 14.0 Å². The lowest BCUT2D eigenvalue weighted by atomic mass is 9.89. The Labute approximate surface area is 138 Å². The molecule has 0 saturated carbocycles. The van der Waals surface area contributed by atoms with E-state index in [1.165, 1.54) is 18.2 Å². The van der Waals surface area contributed by atoms with Crippen LogP contribution in [0.3, 0.4) is 0 Å². The maximum absolute atomic E-state index is 13.3. The van der Waals surface area contributed by atoms with E-state index in [-0.39, 0.29) is 24.8 Å². The van der Waals surface area contributed by atoms with E-state index >= 15 is 0 Å². The predicted octanol–water partition coefficient (Wildman–Crippen LogP) is 2.58. The van der Waals surface area contributed by atoms with Gasteiger partial charge in [-0.25, -0.2) is 4.39 Å². The zero-order chi connectivity index (χ0) is 17.1. The van der Waals surface area contributed by atoms with Crippen LogP contribution in [0.15, 0.2) is 42.5 Å². The Morgan fingerprint density at radius 3 is 2.92 bits per heavy atom. The summed E-state index contributed by atoms with van der Waals surface area (Å²) in [6.07, 6.45) is 0.0381. The van der Waals surface area contributed by atoms with Crippen molar-refractivity contribution in [1.82, 2.24) is 5.32 Å². The fraction of sp³-hybridized carbons (Fsp3) is 0.222. The van der Waals surface area contributed by atoms with Crippen molar-refractivity contribution >= 4 is 17.5 Å². The van der Waals surface area contributed by atoms with Gasteiger partial charge < -0.3 is 15.4 Å². The second-order valence-corrected chi connectivity index (χ2v) is 5.57. The van der Waals surface area contributed by atoms with Gasteiger partial charge in [0.2, 0.25) is 11.8 Å². The zero-order valence-electron chi connectivity index (χ0n) is 13.1. The van der Waals surface area contributed by atoms with Crippen LogP contribution in [0.5, 0.6) is 5.75 Å². The molecule has 1 atom stereocenters. The van der Waals surface area contributed by atoms with Crippen LogP contribution in [-0.4, -0.2) is 18.9 Å². The van der Waals surface area contributed by atoms with Gasteiger partial charge in [0.05, 0.1) is 13.0 Å². The summed E-state index contributed by atoms with van der Waals surface area (Å²) in [5.41, 5.74) is 1.81. The molecular weight excluding hydrogens is 311 g/mol. The summed E-state index contributed by atoms with van der Waals surface area (Å²) in [6, 6.07) is 11.4. The number of halogens is 1. The molecule has 2 N–H and O–H groups in total. The molecule has 2 aromatic rings. The third-order valence-corrected chi connectivity index (χ3v) is 4.02. The molecular formula is C18H17FN2O3. The maximum Gasteiger partial charge on any atom is 0.228 e. The van der Waals surface area contributed by atoms with Gasteiger partial charge in [-0.05, 0) is 23.8 Å². The Balaban J connectivity index is 1.77. The number of fused-ring (bicyclic) bond motifs is 1. The molecule has 0 aromatic heterocycles. The first-order valence-electron chi connectivity index (χ1n) is 7.57. The smallest absolute Gasteiger partial charge is 0.228 e. The number of amides is 2. The van der Waals surface area contributed by atoms with Crippen LogP contribution < -0.4 is 15.4 Å². The summed E-state index contributed by atoms with van der Waals surface area (Å²) >= 11 is 0.